The van der Waals surface area contributed by atoms with E-state index in [2.05, 4.69) is 0 Å². The third-order valence-corrected chi connectivity index (χ3v) is 5.72. The second-order valence-corrected chi connectivity index (χ2v) is 7.50. The minimum atomic E-state index is -0.471. The van der Waals surface area contributed by atoms with Crippen LogP contribution in [0.4, 0.5) is 0 Å². The van der Waals surface area contributed by atoms with Crippen molar-refractivity contribution in [2.75, 3.05) is 33.9 Å². The van der Waals surface area contributed by atoms with Gasteiger partial charge in [-0.1, -0.05) is 12.8 Å². The van der Waals surface area contributed by atoms with Crippen LogP contribution in [0.25, 0.3) is 0 Å². The highest BCUT2D eigenvalue weighted by molar-refractivity contribution is 6.04. The van der Waals surface area contributed by atoms with E-state index in [0.29, 0.717) is 42.1 Å². The number of methoxy groups -OCH3 is 2. The molecule has 0 unspecified atom stereocenters. The van der Waals surface area contributed by atoms with E-state index < -0.39 is 5.97 Å². The average molecular weight is 392 g/mol. The number of Topliss-reactive ketones (excluding diaryl/α,β-unsaturated/α-hetero) is 1. The predicted octanol–water partition coefficient (Wildman–Crippen LogP) is 2.67. The second-order valence-electron chi connectivity index (χ2n) is 7.50. The molecule has 0 spiro atoms. The zero-order valence-corrected chi connectivity index (χ0v) is 17.7. The lowest BCUT2D eigenvalue weighted by molar-refractivity contribution is -0.135. The summed E-state index contributed by atoms with van der Waals surface area (Å²) < 4.78 is 11.6. The van der Waals surface area contributed by atoms with Gasteiger partial charge >= 0.3 is 5.97 Å². The van der Waals surface area contributed by atoms with Crippen LogP contribution in [0.15, 0.2) is 0 Å². The van der Waals surface area contributed by atoms with Gasteiger partial charge in [0.15, 0.2) is 5.78 Å². The zero-order chi connectivity index (χ0) is 20.8. The molecular formula is C21H32N2O5. The molecule has 0 aromatic carbocycles. The summed E-state index contributed by atoms with van der Waals surface area (Å²) in [6, 6.07) is 0. The van der Waals surface area contributed by atoms with E-state index in [1.54, 1.807) is 37.5 Å². The maximum Gasteiger partial charge on any atom is 0.354 e. The molecule has 1 aromatic rings. The number of carbonyl (C=O) groups is 3. The maximum atomic E-state index is 13.1. The number of ether oxygens (including phenoxy) is 2. The molecule has 1 aromatic heterocycles. The van der Waals surface area contributed by atoms with Crippen LogP contribution in [-0.4, -0.2) is 61.0 Å². The Labute approximate surface area is 167 Å². The molecular weight excluding hydrogens is 360 g/mol. The zero-order valence-electron chi connectivity index (χ0n) is 17.7. The van der Waals surface area contributed by atoms with Crippen molar-refractivity contribution in [1.29, 1.82) is 0 Å². The van der Waals surface area contributed by atoms with Gasteiger partial charge in [0.25, 0.3) is 0 Å². The largest absolute Gasteiger partial charge is 0.464 e. The van der Waals surface area contributed by atoms with Gasteiger partial charge in [0, 0.05) is 44.5 Å². The molecule has 0 radical (unpaired) electrons. The average Bonchev–Trinajstić information content (AvgIpc) is 3.27. The first-order valence-corrected chi connectivity index (χ1v) is 9.88. The maximum absolute atomic E-state index is 13.1. The Hall–Kier alpha value is -2.15. The smallest absolute Gasteiger partial charge is 0.354 e. The first-order valence-electron chi connectivity index (χ1n) is 9.88. The Kier molecular flexibility index (Phi) is 7.80. The summed E-state index contributed by atoms with van der Waals surface area (Å²) in [6.45, 7) is 4.61. The monoisotopic (exact) mass is 392 g/mol. The summed E-state index contributed by atoms with van der Waals surface area (Å²) in [5, 5.41) is 0. The molecule has 0 saturated heterocycles. The van der Waals surface area contributed by atoms with Crippen molar-refractivity contribution in [3.63, 3.8) is 0 Å². The molecule has 156 valence electrons. The molecule has 0 N–H and O–H groups in total. The minimum Gasteiger partial charge on any atom is -0.464 e. The molecule has 0 bridgehead atoms. The fourth-order valence-corrected chi connectivity index (χ4v) is 4.12. The van der Waals surface area contributed by atoms with Crippen LogP contribution in [0.1, 0.15) is 64.2 Å². The number of nitrogens with zero attached hydrogens (tertiary/aromatic N) is 2. The van der Waals surface area contributed by atoms with Crippen LogP contribution in [0.3, 0.4) is 0 Å². The fourth-order valence-electron chi connectivity index (χ4n) is 4.12. The number of ketones is 1. The number of amides is 1. The van der Waals surface area contributed by atoms with Gasteiger partial charge in [-0.25, -0.2) is 4.79 Å². The molecule has 1 aliphatic carbocycles. The third-order valence-electron chi connectivity index (χ3n) is 5.72. The van der Waals surface area contributed by atoms with Gasteiger partial charge in [0.1, 0.15) is 5.69 Å². The fraction of sp³-hybridized carbons (Fsp3) is 0.667. The molecule has 0 atom stereocenters. The highest BCUT2D eigenvalue weighted by Crippen LogP contribution is 2.27. The lowest BCUT2D eigenvalue weighted by atomic mass is 10.0. The standard InChI is InChI=1S/C21H32N2O5/c1-14-18(15(2)22(3)19(14)21(26)28-5)17(24)13-23(11-8-12-27-4)20(25)16-9-6-7-10-16/h16H,6-13H2,1-5H3. The highest BCUT2D eigenvalue weighted by atomic mass is 16.5. The van der Waals surface area contributed by atoms with Crippen molar-refractivity contribution in [2.45, 2.75) is 46.0 Å². The molecule has 7 nitrogen and oxygen atoms in total. The van der Waals surface area contributed by atoms with E-state index in [0.717, 1.165) is 25.7 Å². The lowest BCUT2D eigenvalue weighted by Gasteiger charge is -2.25. The minimum absolute atomic E-state index is 0.0129. The Bertz CT molecular complexity index is 732. The summed E-state index contributed by atoms with van der Waals surface area (Å²) in [4.78, 5) is 39.8. The predicted molar refractivity (Wildman–Crippen MR) is 106 cm³/mol. The van der Waals surface area contributed by atoms with Gasteiger partial charge in [-0.3, -0.25) is 9.59 Å². The Morgan fingerprint density at radius 3 is 2.36 bits per heavy atom. The van der Waals surface area contributed by atoms with Gasteiger partial charge in [0.2, 0.25) is 5.91 Å². The molecule has 7 heteroatoms. The van der Waals surface area contributed by atoms with Gasteiger partial charge < -0.3 is 18.9 Å². The normalized spacial score (nSPS) is 14.3. The van der Waals surface area contributed by atoms with Gasteiger partial charge in [-0.15, -0.1) is 0 Å². The van der Waals surface area contributed by atoms with Crippen molar-refractivity contribution in [3.05, 3.63) is 22.5 Å². The van der Waals surface area contributed by atoms with E-state index >= 15 is 0 Å². The van der Waals surface area contributed by atoms with Crippen LogP contribution in [0, 0.1) is 19.8 Å². The van der Waals surface area contributed by atoms with Gasteiger partial charge in [-0.2, -0.15) is 0 Å². The van der Waals surface area contributed by atoms with Crippen molar-refractivity contribution >= 4 is 17.7 Å². The van der Waals surface area contributed by atoms with Crippen molar-refractivity contribution in [2.24, 2.45) is 13.0 Å². The summed E-state index contributed by atoms with van der Waals surface area (Å²) >= 11 is 0. The van der Waals surface area contributed by atoms with Gasteiger partial charge in [0.05, 0.1) is 13.7 Å². The quantitative estimate of drug-likeness (QED) is 0.367. The van der Waals surface area contributed by atoms with Crippen LogP contribution >= 0.6 is 0 Å². The first kappa shape index (κ1) is 22.1. The number of hydrogen-bond acceptors (Lipinski definition) is 5. The molecule has 1 aliphatic rings. The third kappa shape index (κ3) is 4.63. The number of carbonyl (C=O) groups excluding carboxylic acids is 3. The van der Waals surface area contributed by atoms with E-state index in [1.165, 1.54) is 7.11 Å². The molecule has 0 aliphatic heterocycles. The van der Waals surface area contributed by atoms with E-state index in [-0.39, 0.29) is 24.2 Å². The summed E-state index contributed by atoms with van der Waals surface area (Å²) in [6.07, 6.45) is 4.60. The molecule has 1 amide bonds. The molecule has 1 saturated carbocycles. The summed E-state index contributed by atoms with van der Waals surface area (Å²) in [5.41, 5.74) is 2.17. The first-order chi connectivity index (χ1) is 13.3. The van der Waals surface area contributed by atoms with Crippen LogP contribution < -0.4 is 0 Å². The number of esters is 1. The van der Waals surface area contributed by atoms with Crippen molar-refractivity contribution in [1.82, 2.24) is 9.47 Å². The van der Waals surface area contributed by atoms with Crippen LogP contribution in [0.2, 0.25) is 0 Å². The summed E-state index contributed by atoms with van der Waals surface area (Å²) in [7, 11) is 4.69. The Balaban J connectivity index is 2.25. The SMILES string of the molecule is COCCCN(CC(=O)c1c(C)c(C(=O)OC)n(C)c1C)C(=O)C1CCCC1. The lowest BCUT2D eigenvalue weighted by Crippen LogP contribution is -2.40. The molecule has 28 heavy (non-hydrogen) atoms. The van der Waals surface area contributed by atoms with Crippen LogP contribution in [-0.2, 0) is 21.3 Å². The summed E-state index contributed by atoms with van der Waals surface area (Å²) in [5.74, 6) is -0.550. The Morgan fingerprint density at radius 1 is 1.14 bits per heavy atom. The van der Waals surface area contributed by atoms with E-state index in [9.17, 15) is 14.4 Å². The highest BCUT2D eigenvalue weighted by Gasteiger charge is 2.31. The number of aromatic nitrogens is 1. The molecule has 1 fully saturated rings. The van der Waals surface area contributed by atoms with Crippen LogP contribution in [0.5, 0.6) is 0 Å². The van der Waals surface area contributed by atoms with E-state index in [4.69, 9.17) is 9.47 Å². The topological polar surface area (TPSA) is 77.8 Å². The van der Waals surface area contributed by atoms with E-state index in [1.807, 2.05) is 0 Å². The number of rotatable bonds is 9. The van der Waals surface area contributed by atoms with Crippen molar-refractivity contribution < 1.29 is 23.9 Å². The second kappa shape index (κ2) is 9.87. The van der Waals surface area contributed by atoms with Crippen molar-refractivity contribution in [3.8, 4) is 0 Å². The van der Waals surface area contributed by atoms with Gasteiger partial charge in [-0.05, 0) is 38.7 Å². The number of hydrogen-bond donors (Lipinski definition) is 0. The molecule has 2 rings (SSSR count). The Morgan fingerprint density at radius 2 is 1.79 bits per heavy atom. The molecule has 1 heterocycles.